The average Bonchev–Trinajstić information content (AvgIpc) is 2.33. The number of rotatable bonds is 6. The number of halogens is 2. The summed E-state index contributed by atoms with van der Waals surface area (Å²) < 4.78 is 27.4. The molecule has 0 aromatic heterocycles. The van der Waals surface area contributed by atoms with Crippen LogP contribution in [0.3, 0.4) is 0 Å². The van der Waals surface area contributed by atoms with Gasteiger partial charge in [0, 0.05) is 23.2 Å². The smallest absolute Gasteiger partial charge is 0.242 e. The van der Waals surface area contributed by atoms with Crippen LogP contribution in [0.1, 0.15) is 26.3 Å². The van der Waals surface area contributed by atoms with Gasteiger partial charge in [-0.05, 0) is 32.0 Å². The summed E-state index contributed by atoms with van der Waals surface area (Å²) in [7, 11) is -1.92. The Bertz CT molecular complexity index is 574. The van der Waals surface area contributed by atoms with Gasteiger partial charge in [0.1, 0.15) is 4.90 Å². The molecule has 0 fully saturated rings. The van der Waals surface area contributed by atoms with Crippen molar-refractivity contribution in [2.45, 2.75) is 38.3 Å². The molecule has 0 saturated carbocycles. The SMILES string of the molecule is CNCc1c(Cl)ccc(S(=O)(=O)NC(C)C(C)C)c1Cl. The van der Waals surface area contributed by atoms with Gasteiger partial charge in [0.25, 0.3) is 0 Å². The number of hydrogen-bond acceptors (Lipinski definition) is 3. The molecule has 1 atom stereocenters. The van der Waals surface area contributed by atoms with Gasteiger partial charge in [0.15, 0.2) is 0 Å². The minimum atomic E-state index is -3.66. The van der Waals surface area contributed by atoms with Crippen LogP contribution < -0.4 is 10.0 Å². The normalized spacial score (nSPS) is 13.8. The zero-order chi connectivity index (χ0) is 15.5. The molecule has 1 unspecified atom stereocenters. The summed E-state index contributed by atoms with van der Waals surface area (Å²) in [4.78, 5) is 0.0568. The van der Waals surface area contributed by atoms with Crippen molar-refractivity contribution in [3.8, 4) is 0 Å². The Kier molecular flexibility index (Phi) is 6.28. The van der Waals surface area contributed by atoms with Crippen molar-refractivity contribution in [3.63, 3.8) is 0 Å². The van der Waals surface area contributed by atoms with Crippen LogP contribution in [-0.2, 0) is 16.6 Å². The average molecular weight is 339 g/mol. The molecule has 2 N–H and O–H groups in total. The van der Waals surface area contributed by atoms with Crippen LogP contribution in [0.4, 0.5) is 0 Å². The van der Waals surface area contributed by atoms with Crippen molar-refractivity contribution in [1.82, 2.24) is 10.0 Å². The van der Waals surface area contributed by atoms with Crippen molar-refractivity contribution in [2.24, 2.45) is 5.92 Å². The van der Waals surface area contributed by atoms with Gasteiger partial charge >= 0.3 is 0 Å². The van der Waals surface area contributed by atoms with Gasteiger partial charge < -0.3 is 5.32 Å². The minimum absolute atomic E-state index is 0.0568. The monoisotopic (exact) mass is 338 g/mol. The van der Waals surface area contributed by atoms with Gasteiger partial charge in [-0.15, -0.1) is 0 Å². The summed E-state index contributed by atoms with van der Waals surface area (Å²) in [6.07, 6.45) is 0. The molecule has 0 aliphatic heterocycles. The summed E-state index contributed by atoms with van der Waals surface area (Å²) in [5, 5.41) is 3.53. The quantitative estimate of drug-likeness (QED) is 0.838. The standard InChI is InChI=1S/C13H20Cl2N2O2S/c1-8(2)9(3)17-20(18,19)12-6-5-11(14)10(7-16-4)13(12)15/h5-6,8-9,16-17H,7H2,1-4H3. The molecule has 1 aromatic rings. The van der Waals surface area contributed by atoms with E-state index in [4.69, 9.17) is 23.2 Å². The largest absolute Gasteiger partial charge is 0.316 e. The third-order valence-corrected chi connectivity index (χ3v) is 5.63. The topological polar surface area (TPSA) is 58.2 Å². The highest BCUT2D eigenvalue weighted by Crippen LogP contribution is 2.31. The molecule has 0 amide bonds. The first-order chi connectivity index (χ1) is 9.20. The fraction of sp³-hybridized carbons (Fsp3) is 0.538. The van der Waals surface area contributed by atoms with E-state index in [1.807, 2.05) is 20.8 Å². The molecule has 0 heterocycles. The second kappa shape index (κ2) is 7.09. The Morgan fingerprint density at radius 3 is 2.30 bits per heavy atom. The number of hydrogen-bond donors (Lipinski definition) is 2. The number of nitrogens with one attached hydrogen (secondary N) is 2. The van der Waals surface area contributed by atoms with E-state index in [1.165, 1.54) is 6.07 Å². The summed E-state index contributed by atoms with van der Waals surface area (Å²) in [5.41, 5.74) is 0.580. The first-order valence-corrected chi connectivity index (χ1v) is 8.58. The van der Waals surface area contributed by atoms with Crippen molar-refractivity contribution < 1.29 is 8.42 Å². The first-order valence-electron chi connectivity index (χ1n) is 6.34. The van der Waals surface area contributed by atoms with Crippen LogP contribution in [0.2, 0.25) is 10.0 Å². The van der Waals surface area contributed by atoms with Crippen LogP contribution in [0.15, 0.2) is 17.0 Å². The Hall–Kier alpha value is -0.330. The molecule has 0 spiro atoms. The molecular formula is C13H20Cl2N2O2S. The van der Waals surface area contributed by atoms with Crippen molar-refractivity contribution in [1.29, 1.82) is 0 Å². The molecule has 0 saturated heterocycles. The Morgan fingerprint density at radius 2 is 1.80 bits per heavy atom. The third-order valence-electron chi connectivity index (χ3n) is 3.13. The third kappa shape index (κ3) is 4.09. The molecule has 0 bridgehead atoms. The van der Waals surface area contributed by atoms with Gasteiger partial charge in [-0.3, -0.25) is 0 Å². The summed E-state index contributed by atoms with van der Waals surface area (Å²) >= 11 is 12.2. The van der Waals surface area contributed by atoms with Gasteiger partial charge in [0.2, 0.25) is 10.0 Å². The maximum absolute atomic E-state index is 12.4. The minimum Gasteiger partial charge on any atom is -0.316 e. The molecule has 0 aliphatic carbocycles. The van der Waals surface area contributed by atoms with E-state index in [9.17, 15) is 8.42 Å². The lowest BCUT2D eigenvalue weighted by atomic mass is 10.1. The number of benzene rings is 1. The molecular weight excluding hydrogens is 319 g/mol. The van der Waals surface area contributed by atoms with E-state index in [2.05, 4.69) is 10.0 Å². The van der Waals surface area contributed by atoms with Crippen LogP contribution in [-0.4, -0.2) is 21.5 Å². The van der Waals surface area contributed by atoms with Gasteiger partial charge in [-0.1, -0.05) is 37.0 Å². The van der Waals surface area contributed by atoms with E-state index >= 15 is 0 Å². The second-order valence-corrected chi connectivity index (χ2v) is 7.49. The van der Waals surface area contributed by atoms with Crippen molar-refractivity contribution >= 4 is 33.2 Å². The van der Waals surface area contributed by atoms with Crippen molar-refractivity contribution in [2.75, 3.05) is 7.05 Å². The molecule has 4 nitrogen and oxygen atoms in total. The molecule has 1 rings (SSSR count). The molecule has 1 aromatic carbocycles. The molecule has 20 heavy (non-hydrogen) atoms. The van der Waals surface area contributed by atoms with E-state index in [0.29, 0.717) is 17.1 Å². The van der Waals surface area contributed by atoms with Crippen LogP contribution >= 0.6 is 23.2 Å². The van der Waals surface area contributed by atoms with Gasteiger partial charge in [0.05, 0.1) is 5.02 Å². The fourth-order valence-electron chi connectivity index (χ4n) is 1.57. The van der Waals surface area contributed by atoms with E-state index in [0.717, 1.165) is 0 Å². The lowest BCUT2D eigenvalue weighted by Crippen LogP contribution is -2.36. The predicted octanol–water partition coefficient (Wildman–Crippen LogP) is 3.04. The maximum atomic E-state index is 12.4. The summed E-state index contributed by atoms with van der Waals surface area (Å²) in [5.74, 6) is 0.188. The highest BCUT2D eigenvalue weighted by molar-refractivity contribution is 7.89. The summed E-state index contributed by atoms with van der Waals surface area (Å²) in [6, 6.07) is 2.80. The Labute approximate surface area is 130 Å². The lowest BCUT2D eigenvalue weighted by Gasteiger charge is -2.19. The molecule has 0 radical (unpaired) electrons. The van der Waals surface area contributed by atoms with E-state index < -0.39 is 10.0 Å². The fourth-order valence-corrected chi connectivity index (χ4v) is 3.87. The highest BCUT2D eigenvalue weighted by Gasteiger charge is 2.24. The zero-order valence-electron chi connectivity index (χ0n) is 12.0. The van der Waals surface area contributed by atoms with Crippen LogP contribution in [0.5, 0.6) is 0 Å². The summed E-state index contributed by atoms with van der Waals surface area (Å²) in [6.45, 7) is 6.12. The highest BCUT2D eigenvalue weighted by atomic mass is 35.5. The van der Waals surface area contributed by atoms with Crippen LogP contribution in [0.25, 0.3) is 0 Å². The maximum Gasteiger partial charge on any atom is 0.242 e. The molecule has 114 valence electrons. The van der Waals surface area contributed by atoms with E-state index in [1.54, 1.807) is 13.1 Å². The van der Waals surface area contributed by atoms with Gasteiger partial charge in [-0.25, -0.2) is 13.1 Å². The zero-order valence-corrected chi connectivity index (χ0v) is 14.3. The first kappa shape index (κ1) is 17.7. The van der Waals surface area contributed by atoms with Crippen LogP contribution in [0, 0.1) is 5.92 Å². The molecule has 7 heteroatoms. The van der Waals surface area contributed by atoms with Crippen molar-refractivity contribution in [3.05, 3.63) is 27.7 Å². The number of sulfonamides is 1. The Morgan fingerprint density at radius 1 is 1.20 bits per heavy atom. The Balaban J connectivity index is 3.22. The predicted molar refractivity (Wildman–Crippen MR) is 83.8 cm³/mol. The second-order valence-electron chi connectivity index (χ2n) is 5.02. The van der Waals surface area contributed by atoms with E-state index in [-0.39, 0.29) is 21.9 Å². The lowest BCUT2D eigenvalue weighted by molar-refractivity contribution is 0.476. The van der Waals surface area contributed by atoms with Gasteiger partial charge in [-0.2, -0.15) is 0 Å². The molecule has 0 aliphatic rings.